The number of alkyl halides is 3. The van der Waals surface area contributed by atoms with Crippen molar-refractivity contribution in [2.24, 2.45) is 0 Å². The normalized spacial score (nSPS) is 21.7. The van der Waals surface area contributed by atoms with E-state index in [9.17, 15) is 13.2 Å². The van der Waals surface area contributed by atoms with E-state index in [1.807, 2.05) is 31.2 Å². The van der Waals surface area contributed by atoms with E-state index in [-0.39, 0.29) is 25.2 Å². The molecule has 2 unspecified atom stereocenters. The number of para-hydroxylation sites is 1. The minimum Gasteiger partial charge on any atom is -0.490 e. The SMILES string of the molecule is CCNC1c2ccccc2OCC1OCCCC(F)(F)F. The molecule has 21 heavy (non-hydrogen) atoms. The molecule has 0 radical (unpaired) electrons. The average Bonchev–Trinajstić information content (AvgIpc) is 2.44. The molecule has 0 spiro atoms. The summed E-state index contributed by atoms with van der Waals surface area (Å²) in [5.74, 6) is 0.804. The van der Waals surface area contributed by atoms with Crippen molar-refractivity contribution < 1.29 is 22.6 Å². The van der Waals surface area contributed by atoms with Crippen molar-refractivity contribution in [2.45, 2.75) is 38.1 Å². The summed E-state index contributed by atoms with van der Waals surface area (Å²) in [4.78, 5) is 0. The molecule has 0 fully saturated rings. The highest BCUT2D eigenvalue weighted by molar-refractivity contribution is 5.38. The van der Waals surface area contributed by atoms with Crippen LogP contribution >= 0.6 is 0 Å². The predicted octanol–water partition coefficient (Wildman–Crippen LogP) is 3.46. The smallest absolute Gasteiger partial charge is 0.389 e. The first-order chi connectivity index (χ1) is 10.0. The summed E-state index contributed by atoms with van der Waals surface area (Å²) in [6, 6.07) is 7.60. The van der Waals surface area contributed by atoms with Crippen molar-refractivity contribution in [3.63, 3.8) is 0 Å². The van der Waals surface area contributed by atoms with E-state index in [1.54, 1.807) is 0 Å². The van der Waals surface area contributed by atoms with Gasteiger partial charge in [-0.25, -0.2) is 0 Å². The van der Waals surface area contributed by atoms with Crippen LogP contribution in [0, 0.1) is 0 Å². The van der Waals surface area contributed by atoms with E-state index in [4.69, 9.17) is 9.47 Å². The maximum atomic E-state index is 12.1. The molecule has 0 aliphatic carbocycles. The topological polar surface area (TPSA) is 30.5 Å². The van der Waals surface area contributed by atoms with Gasteiger partial charge in [-0.3, -0.25) is 0 Å². The summed E-state index contributed by atoms with van der Waals surface area (Å²) in [7, 11) is 0. The number of rotatable bonds is 6. The maximum absolute atomic E-state index is 12.1. The Morgan fingerprint density at radius 2 is 2.10 bits per heavy atom. The van der Waals surface area contributed by atoms with Gasteiger partial charge in [0.2, 0.25) is 0 Å². The molecule has 2 atom stereocenters. The zero-order valence-corrected chi connectivity index (χ0v) is 12.0. The molecule has 1 aromatic carbocycles. The van der Waals surface area contributed by atoms with Gasteiger partial charge in [0, 0.05) is 18.6 Å². The highest BCUT2D eigenvalue weighted by Gasteiger charge is 2.31. The second-order valence-electron chi connectivity index (χ2n) is 5.01. The minimum atomic E-state index is -4.12. The monoisotopic (exact) mass is 303 g/mol. The third-order valence-electron chi connectivity index (χ3n) is 3.39. The third-order valence-corrected chi connectivity index (χ3v) is 3.39. The minimum absolute atomic E-state index is 0.0273. The fourth-order valence-corrected chi connectivity index (χ4v) is 2.45. The van der Waals surface area contributed by atoms with E-state index in [1.165, 1.54) is 0 Å². The summed E-state index contributed by atoms with van der Waals surface area (Å²) >= 11 is 0. The first kappa shape index (κ1) is 16.1. The van der Waals surface area contributed by atoms with Crippen LogP contribution in [0.5, 0.6) is 5.75 Å². The lowest BCUT2D eigenvalue weighted by atomic mass is 9.98. The molecule has 3 nitrogen and oxygen atoms in total. The van der Waals surface area contributed by atoms with Crippen molar-refractivity contribution in [2.75, 3.05) is 19.8 Å². The number of fused-ring (bicyclic) bond motifs is 1. The quantitative estimate of drug-likeness (QED) is 0.816. The van der Waals surface area contributed by atoms with Crippen LogP contribution in [-0.4, -0.2) is 32.0 Å². The first-order valence-corrected chi connectivity index (χ1v) is 7.14. The lowest BCUT2D eigenvalue weighted by molar-refractivity contribution is -0.139. The van der Waals surface area contributed by atoms with E-state index in [0.29, 0.717) is 6.61 Å². The van der Waals surface area contributed by atoms with Gasteiger partial charge in [0.25, 0.3) is 0 Å². The van der Waals surface area contributed by atoms with E-state index in [2.05, 4.69) is 5.32 Å². The van der Waals surface area contributed by atoms with Crippen molar-refractivity contribution in [1.29, 1.82) is 0 Å². The Balaban J connectivity index is 1.93. The van der Waals surface area contributed by atoms with E-state index >= 15 is 0 Å². The van der Waals surface area contributed by atoms with Gasteiger partial charge >= 0.3 is 6.18 Å². The number of benzene rings is 1. The second kappa shape index (κ2) is 7.13. The summed E-state index contributed by atoms with van der Waals surface area (Å²) in [5.41, 5.74) is 0.992. The summed E-state index contributed by atoms with van der Waals surface area (Å²) in [6.07, 6.45) is -5.24. The van der Waals surface area contributed by atoms with Crippen LogP contribution in [0.25, 0.3) is 0 Å². The fraction of sp³-hybridized carbons (Fsp3) is 0.600. The number of nitrogens with one attached hydrogen (secondary N) is 1. The Hall–Kier alpha value is -1.27. The maximum Gasteiger partial charge on any atom is 0.389 e. The van der Waals surface area contributed by atoms with Crippen LogP contribution in [0.3, 0.4) is 0 Å². The Labute approximate surface area is 122 Å². The molecule has 0 amide bonds. The molecule has 1 aromatic rings. The molecule has 1 aliphatic heterocycles. The van der Waals surface area contributed by atoms with Crippen LogP contribution in [0.15, 0.2) is 24.3 Å². The van der Waals surface area contributed by atoms with Crippen molar-refractivity contribution in [3.8, 4) is 5.75 Å². The zero-order valence-electron chi connectivity index (χ0n) is 12.0. The molecule has 2 rings (SSSR count). The molecule has 1 heterocycles. The Morgan fingerprint density at radius 3 is 2.81 bits per heavy atom. The van der Waals surface area contributed by atoms with Crippen LogP contribution in [0.2, 0.25) is 0 Å². The van der Waals surface area contributed by atoms with Crippen LogP contribution in [-0.2, 0) is 4.74 Å². The lowest BCUT2D eigenvalue weighted by Crippen LogP contribution is -2.41. The van der Waals surface area contributed by atoms with Crippen molar-refractivity contribution in [1.82, 2.24) is 5.32 Å². The molecule has 0 saturated carbocycles. The van der Waals surface area contributed by atoms with Gasteiger partial charge in [-0.2, -0.15) is 13.2 Å². The van der Waals surface area contributed by atoms with Crippen molar-refractivity contribution in [3.05, 3.63) is 29.8 Å². The second-order valence-corrected chi connectivity index (χ2v) is 5.01. The van der Waals surface area contributed by atoms with Crippen LogP contribution in [0.4, 0.5) is 13.2 Å². The Kier molecular flexibility index (Phi) is 5.47. The molecule has 1 N–H and O–H groups in total. The fourth-order valence-electron chi connectivity index (χ4n) is 2.45. The molecule has 1 aliphatic rings. The number of ether oxygens (including phenoxy) is 2. The zero-order chi connectivity index (χ0) is 15.3. The lowest BCUT2D eigenvalue weighted by Gasteiger charge is -2.34. The number of halogens is 3. The van der Waals surface area contributed by atoms with Gasteiger partial charge in [0.1, 0.15) is 18.5 Å². The standard InChI is InChI=1S/C15H20F3NO2/c1-2-19-14-11-6-3-4-7-12(11)21-10-13(14)20-9-5-8-15(16,17)18/h3-4,6-7,13-14,19H,2,5,8-10H2,1H3. The van der Waals surface area contributed by atoms with E-state index in [0.717, 1.165) is 17.9 Å². The van der Waals surface area contributed by atoms with Gasteiger partial charge in [-0.1, -0.05) is 25.1 Å². The summed E-state index contributed by atoms with van der Waals surface area (Å²) < 4.78 is 47.6. The van der Waals surface area contributed by atoms with Crippen LogP contribution in [0.1, 0.15) is 31.4 Å². The van der Waals surface area contributed by atoms with Crippen molar-refractivity contribution >= 4 is 0 Å². The molecular formula is C15H20F3NO2. The van der Waals surface area contributed by atoms with Crippen LogP contribution < -0.4 is 10.1 Å². The molecule has 0 aromatic heterocycles. The highest BCUT2D eigenvalue weighted by Crippen LogP contribution is 2.33. The summed E-state index contributed by atoms with van der Waals surface area (Å²) in [5, 5.41) is 3.32. The average molecular weight is 303 g/mol. The predicted molar refractivity (Wildman–Crippen MR) is 73.4 cm³/mol. The highest BCUT2D eigenvalue weighted by atomic mass is 19.4. The Bertz CT molecular complexity index is 451. The molecular weight excluding hydrogens is 283 g/mol. The van der Waals surface area contributed by atoms with Gasteiger partial charge in [0.15, 0.2) is 0 Å². The number of hydrogen-bond donors (Lipinski definition) is 1. The number of likely N-dealkylation sites (N-methyl/N-ethyl adjacent to an activating group) is 1. The molecule has 0 saturated heterocycles. The van der Waals surface area contributed by atoms with Gasteiger partial charge in [-0.05, 0) is 19.0 Å². The van der Waals surface area contributed by atoms with Gasteiger partial charge in [0.05, 0.1) is 6.04 Å². The van der Waals surface area contributed by atoms with E-state index < -0.39 is 12.6 Å². The van der Waals surface area contributed by atoms with Gasteiger partial charge in [-0.15, -0.1) is 0 Å². The molecule has 0 bridgehead atoms. The summed E-state index contributed by atoms with van der Waals surface area (Å²) in [6.45, 7) is 3.17. The van der Waals surface area contributed by atoms with Gasteiger partial charge < -0.3 is 14.8 Å². The molecule has 118 valence electrons. The first-order valence-electron chi connectivity index (χ1n) is 7.14. The largest absolute Gasteiger partial charge is 0.490 e. The Morgan fingerprint density at radius 1 is 1.33 bits per heavy atom. The third kappa shape index (κ3) is 4.61. The number of hydrogen-bond acceptors (Lipinski definition) is 3. The molecule has 6 heteroatoms.